The van der Waals surface area contributed by atoms with Gasteiger partial charge in [0.05, 0.1) is 5.71 Å². The third kappa shape index (κ3) is 3.41. The van der Waals surface area contributed by atoms with Gasteiger partial charge in [0.15, 0.2) is 8.32 Å². The fraction of sp³-hybridized carbons (Fsp3) is 0.880. The van der Waals surface area contributed by atoms with Crippen molar-refractivity contribution in [2.45, 2.75) is 96.4 Å². The van der Waals surface area contributed by atoms with Crippen molar-refractivity contribution in [2.24, 2.45) is 40.2 Å². The van der Waals surface area contributed by atoms with Crippen LogP contribution in [0.1, 0.15) is 71.1 Å². The summed E-state index contributed by atoms with van der Waals surface area (Å²) in [4.78, 5) is 5.09. The molecule has 7 atom stereocenters. The minimum absolute atomic E-state index is 0.202. The smallest absolute Gasteiger partial charge is 0.185 e. The lowest BCUT2D eigenvalue weighted by Gasteiger charge is -2.58. The molecule has 0 saturated heterocycles. The van der Waals surface area contributed by atoms with Crippen molar-refractivity contribution < 1.29 is 9.26 Å². The Hall–Kier alpha value is -0.793. The Bertz CT molecular complexity index is 692. The van der Waals surface area contributed by atoms with Crippen LogP contribution in [0.15, 0.2) is 5.16 Å². The van der Waals surface area contributed by atoms with Crippen LogP contribution in [-0.4, -0.2) is 26.7 Å². The second-order valence-electron chi connectivity index (χ2n) is 11.3. The van der Waals surface area contributed by atoms with Crippen LogP contribution in [0.3, 0.4) is 0 Å². The van der Waals surface area contributed by atoms with Crippen LogP contribution in [0, 0.1) is 47.3 Å². The number of terminal acetylenes is 1. The fourth-order valence-corrected chi connectivity index (χ4v) is 9.76. The van der Waals surface area contributed by atoms with Crippen molar-refractivity contribution in [3.63, 3.8) is 0 Å². The van der Waals surface area contributed by atoms with Crippen molar-refractivity contribution in [3.05, 3.63) is 0 Å². The van der Waals surface area contributed by atoms with Crippen LogP contribution in [-0.2, 0) is 9.26 Å². The molecule has 0 heterocycles. The molecule has 0 spiro atoms. The second-order valence-corrected chi connectivity index (χ2v) is 15.7. The summed E-state index contributed by atoms with van der Waals surface area (Å²) in [6, 6.07) is 0. The van der Waals surface area contributed by atoms with Crippen LogP contribution in [0.4, 0.5) is 0 Å². The van der Waals surface area contributed by atoms with E-state index in [0.717, 1.165) is 42.4 Å². The van der Waals surface area contributed by atoms with Gasteiger partial charge in [-0.2, -0.15) is 0 Å². The summed E-state index contributed by atoms with van der Waals surface area (Å²) in [6.45, 7) is 9.31. The average Bonchev–Trinajstić information content (AvgIpc) is 3.01. The average molecular weight is 416 g/mol. The second kappa shape index (κ2) is 7.72. The highest BCUT2D eigenvalue weighted by Crippen LogP contribution is 2.67. The maximum absolute atomic E-state index is 6.90. The molecule has 162 valence electrons. The summed E-state index contributed by atoms with van der Waals surface area (Å²) in [5, 5.41) is 4.30. The first-order chi connectivity index (χ1) is 13.8. The van der Waals surface area contributed by atoms with Crippen molar-refractivity contribution >= 4 is 14.0 Å². The van der Waals surface area contributed by atoms with Crippen molar-refractivity contribution in [1.29, 1.82) is 0 Å². The SMILES string of the molecule is C#CC1(O[Si](C)(C)C)CCC2C3CCC4C/C(=N/OC)CCC4C3CCC21CC. The van der Waals surface area contributed by atoms with E-state index in [-0.39, 0.29) is 11.0 Å². The molecular formula is C25H41NO2Si. The van der Waals surface area contributed by atoms with Gasteiger partial charge in [0.1, 0.15) is 12.7 Å². The number of rotatable bonds is 4. The zero-order valence-electron chi connectivity index (χ0n) is 19.3. The van der Waals surface area contributed by atoms with Crippen LogP contribution in [0.5, 0.6) is 0 Å². The quantitative estimate of drug-likeness (QED) is 0.308. The highest BCUT2D eigenvalue weighted by molar-refractivity contribution is 6.69. The molecule has 4 rings (SSSR count). The fourth-order valence-electron chi connectivity index (χ4n) is 8.35. The van der Waals surface area contributed by atoms with Gasteiger partial charge < -0.3 is 9.26 Å². The molecule has 0 aromatic heterocycles. The molecule has 0 aliphatic heterocycles. The molecule has 0 aromatic rings. The Morgan fingerprint density at radius 3 is 2.52 bits per heavy atom. The highest BCUT2D eigenvalue weighted by atomic mass is 28.4. The number of nitrogens with zero attached hydrogens (tertiary/aromatic N) is 1. The maximum Gasteiger partial charge on any atom is 0.185 e. The van der Waals surface area contributed by atoms with Gasteiger partial charge in [-0.15, -0.1) is 6.42 Å². The van der Waals surface area contributed by atoms with Crippen LogP contribution in [0.2, 0.25) is 19.6 Å². The van der Waals surface area contributed by atoms with E-state index in [2.05, 4.69) is 37.6 Å². The van der Waals surface area contributed by atoms with Gasteiger partial charge in [0.2, 0.25) is 0 Å². The number of hydrogen-bond donors (Lipinski definition) is 0. The molecule has 0 radical (unpaired) electrons. The zero-order valence-corrected chi connectivity index (χ0v) is 20.3. The summed E-state index contributed by atoms with van der Waals surface area (Å²) in [6.07, 6.45) is 18.8. The molecule has 4 aliphatic carbocycles. The predicted molar refractivity (Wildman–Crippen MR) is 122 cm³/mol. The van der Waals surface area contributed by atoms with Crippen LogP contribution in [0.25, 0.3) is 0 Å². The molecule has 29 heavy (non-hydrogen) atoms. The molecule has 0 aromatic carbocycles. The van der Waals surface area contributed by atoms with Gasteiger partial charge in [-0.05, 0) is 113 Å². The van der Waals surface area contributed by atoms with Gasteiger partial charge in [-0.1, -0.05) is 18.0 Å². The summed E-state index contributed by atoms with van der Waals surface area (Å²) in [5.41, 5.74) is 1.18. The molecule has 0 N–H and O–H groups in total. The Morgan fingerprint density at radius 2 is 1.86 bits per heavy atom. The molecular weight excluding hydrogens is 374 g/mol. The van der Waals surface area contributed by atoms with E-state index in [4.69, 9.17) is 15.7 Å². The standard InChI is InChI=1S/C25H41NO2Si/c1-7-24-15-13-21-20-12-10-19(26-27-3)17-18(20)9-11-22(21)23(24)14-16-25(24,8-2)28-29(4,5)6/h2,18,20-23H,7,9-17H2,1,3-6H3/b26-19+. The lowest BCUT2D eigenvalue weighted by molar-refractivity contribution is -0.106. The van der Waals surface area contributed by atoms with Crippen molar-refractivity contribution in [1.82, 2.24) is 0 Å². The minimum Gasteiger partial charge on any atom is -0.401 e. The van der Waals surface area contributed by atoms with E-state index < -0.39 is 8.32 Å². The number of hydrogen-bond acceptors (Lipinski definition) is 3. The van der Waals surface area contributed by atoms with E-state index >= 15 is 0 Å². The van der Waals surface area contributed by atoms with Crippen LogP contribution >= 0.6 is 0 Å². The monoisotopic (exact) mass is 415 g/mol. The van der Waals surface area contributed by atoms with Gasteiger partial charge in [-0.3, -0.25) is 0 Å². The minimum atomic E-state index is -1.71. The van der Waals surface area contributed by atoms with Crippen LogP contribution < -0.4 is 0 Å². The van der Waals surface area contributed by atoms with Gasteiger partial charge >= 0.3 is 0 Å². The molecule has 4 heteroatoms. The summed E-state index contributed by atoms with van der Waals surface area (Å²) < 4.78 is 6.90. The number of oxime groups is 1. The third-order valence-electron chi connectivity index (χ3n) is 9.17. The summed E-state index contributed by atoms with van der Waals surface area (Å²) in [7, 11) is -0.0275. The summed E-state index contributed by atoms with van der Waals surface area (Å²) >= 11 is 0. The van der Waals surface area contributed by atoms with Gasteiger partial charge in [-0.25, -0.2) is 0 Å². The van der Waals surface area contributed by atoms with Gasteiger partial charge in [0, 0.05) is 5.41 Å². The van der Waals surface area contributed by atoms with Crippen molar-refractivity contribution in [2.75, 3.05) is 7.11 Å². The molecule has 0 bridgehead atoms. The van der Waals surface area contributed by atoms with E-state index in [1.807, 2.05) is 0 Å². The normalized spacial score (nSPS) is 45.8. The molecule has 4 saturated carbocycles. The molecule has 0 amide bonds. The van der Waals surface area contributed by atoms with Crippen molar-refractivity contribution in [3.8, 4) is 12.3 Å². The highest BCUT2D eigenvalue weighted by Gasteiger charge is 2.65. The number of fused-ring (bicyclic) bond motifs is 5. The Balaban J connectivity index is 1.59. The molecule has 4 aliphatic rings. The van der Waals surface area contributed by atoms with E-state index in [0.29, 0.717) is 0 Å². The van der Waals surface area contributed by atoms with Gasteiger partial charge in [0.25, 0.3) is 0 Å². The predicted octanol–water partition coefficient (Wildman–Crippen LogP) is 6.26. The first-order valence-electron chi connectivity index (χ1n) is 12.1. The van der Waals surface area contributed by atoms with E-state index in [1.54, 1.807) is 7.11 Å². The largest absolute Gasteiger partial charge is 0.401 e. The van der Waals surface area contributed by atoms with E-state index in [1.165, 1.54) is 57.1 Å². The maximum atomic E-state index is 6.90. The lowest BCUT2D eigenvalue weighted by Crippen LogP contribution is -2.57. The third-order valence-corrected chi connectivity index (χ3v) is 10.1. The Labute approximate surface area is 179 Å². The summed E-state index contributed by atoms with van der Waals surface area (Å²) in [5.74, 6) is 7.49. The first-order valence-corrected chi connectivity index (χ1v) is 15.5. The lowest BCUT2D eigenvalue weighted by atomic mass is 9.48. The molecule has 3 nitrogen and oxygen atoms in total. The topological polar surface area (TPSA) is 30.8 Å². The Kier molecular flexibility index (Phi) is 5.71. The molecule has 7 unspecified atom stereocenters. The van der Waals surface area contributed by atoms with E-state index in [9.17, 15) is 0 Å². The molecule has 4 fully saturated rings. The Morgan fingerprint density at radius 1 is 1.07 bits per heavy atom. The zero-order chi connectivity index (χ0) is 20.9. The first kappa shape index (κ1) is 21.4.